The molecule has 1 fully saturated rings. The van der Waals surface area contributed by atoms with E-state index in [-0.39, 0.29) is 31.2 Å². The maximum Gasteiger partial charge on any atom is 0.389 e. The van der Waals surface area contributed by atoms with Crippen molar-refractivity contribution in [3.05, 3.63) is 35.6 Å². The number of piperazine rings is 1. The van der Waals surface area contributed by atoms with Gasteiger partial charge in [-0.1, -0.05) is 18.2 Å². The number of hydrogen-bond donors (Lipinski definition) is 1. The Balaban J connectivity index is 0.00000220. The number of halogens is 6. The first-order valence-electron chi connectivity index (χ1n) is 6.73. The van der Waals surface area contributed by atoms with E-state index < -0.39 is 24.5 Å². The van der Waals surface area contributed by atoms with Crippen LogP contribution in [0, 0.1) is 5.82 Å². The fraction of sp³-hybridized carbons (Fsp3) is 0.571. The highest BCUT2D eigenvalue weighted by atomic mass is 35.5. The highest BCUT2D eigenvalue weighted by Crippen LogP contribution is 2.32. The maximum absolute atomic E-state index is 13.9. The van der Waals surface area contributed by atoms with Crippen LogP contribution in [0.2, 0.25) is 0 Å². The third kappa shape index (κ3) is 6.28. The molecule has 1 atom stereocenters. The molecule has 1 aliphatic rings. The van der Waals surface area contributed by atoms with E-state index in [0.717, 1.165) is 13.1 Å². The largest absolute Gasteiger partial charge is 0.389 e. The van der Waals surface area contributed by atoms with Crippen LogP contribution in [-0.4, -0.2) is 37.3 Å². The molecule has 0 unspecified atom stereocenters. The molecule has 8 heteroatoms. The molecule has 22 heavy (non-hydrogen) atoms. The number of nitrogens with zero attached hydrogens (tertiary/aromatic N) is 1. The Morgan fingerprint density at radius 2 is 1.68 bits per heavy atom. The summed E-state index contributed by atoms with van der Waals surface area (Å²) in [4.78, 5) is 1.93. The van der Waals surface area contributed by atoms with Gasteiger partial charge in [-0.05, 0) is 12.5 Å². The standard InChI is InChI=1S/C14H18F4N2.2ClH/c15-12-4-2-1-3-11(12)13(5-6-14(16,17)18)20-9-7-19-8-10-20;;/h1-4,13,19H,5-10H2;2*1H/t13-;;/m1../s1. The summed E-state index contributed by atoms with van der Waals surface area (Å²) in [5, 5.41) is 3.15. The first-order valence-corrected chi connectivity index (χ1v) is 6.73. The third-order valence-electron chi connectivity index (χ3n) is 3.56. The van der Waals surface area contributed by atoms with E-state index in [2.05, 4.69) is 5.32 Å². The Bertz CT molecular complexity index is 437. The molecule has 0 spiro atoms. The lowest BCUT2D eigenvalue weighted by atomic mass is 9.99. The zero-order valence-electron chi connectivity index (χ0n) is 11.9. The predicted molar refractivity (Wildman–Crippen MR) is 83.4 cm³/mol. The molecule has 0 bridgehead atoms. The second-order valence-electron chi connectivity index (χ2n) is 4.98. The lowest BCUT2D eigenvalue weighted by Gasteiger charge is -2.35. The Labute approximate surface area is 140 Å². The van der Waals surface area contributed by atoms with Crippen LogP contribution in [0.5, 0.6) is 0 Å². The predicted octanol–water partition coefficient (Wildman–Crippen LogP) is 3.96. The molecule has 0 radical (unpaired) electrons. The first kappa shape index (κ1) is 21.4. The van der Waals surface area contributed by atoms with Crippen LogP contribution in [0.3, 0.4) is 0 Å². The molecule has 1 saturated heterocycles. The molecule has 1 heterocycles. The number of rotatable bonds is 4. The third-order valence-corrected chi connectivity index (χ3v) is 3.56. The lowest BCUT2D eigenvalue weighted by molar-refractivity contribution is -0.138. The summed E-state index contributed by atoms with van der Waals surface area (Å²) in [5.74, 6) is -0.432. The molecule has 2 nitrogen and oxygen atoms in total. The Morgan fingerprint density at radius 1 is 1.09 bits per heavy atom. The summed E-state index contributed by atoms with van der Waals surface area (Å²) in [7, 11) is 0. The van der Waals surface area contributed by atoms with Gasteiger partial charge in [0.1, 0.15) is 5.82 Å². The number of hydrogen-bond acceptors (Lipinski definition) is 2. The molecule has 1 aromatic rings. The van der Waals surface area contributed by atoms with E-state index in [0.29, 0.717) is 18.7 Å². The molecule has 2 rings (SSSR count). The van der Waals surface area contributed by atoms with Gasteiger partial charge in [0.15, 0.2) is 0 Å². The Kier molecular flexibility index (Phi) is 9.31. The average Bonchev–Trinajstić information content (AvgIpc) is 2.41. The molecule has 1 N–H and O–H groups in total. The van der Waals surface area contributed by atoms with Crippen LogP contribution in [0.15, 0.2) is 24.3 Å². The minimum absolute atomic E-state index is 0. The highest BCUT2D eigenvalue weighted by molar-refractivity contribution is 5.85. The van der Waals surface area contributed by atoms with Gasteiger partial charge < -0.3 is 5.32 Å². The van der Waals surface area contributed by atoms with Crippen molar-refractivity contribution in [1.29, 1.82) is 0 Å². The summed E-state index contributed by atoms with van der Waals surface area (Å²) in [6.45, 7) is 2.71. The van der Waals surface area contributed by atoms with Gasteiger partial charge in [0.25, 0.3) is 0 Å². The van der Waals surface area contributed by atoms with Gasteiger partial charge in [-0.15, -0.1) is 24.8 Å². The van der Waals surface area contributed by atoms with Crippen molar-refractivity contribution in [2.45, 2.75) is 25.1 Å². The van der Waals surface area contributed by atoms with Crippen molar-refractivity contribution in [3.63, 3.8) is 0 Å². The molecule has 0 amide bonds. The highest BCUT2D eigenvalue weighted by Gasteiger charge is 2.32. The molecule has 128 valence electrons. The summed E-state index contributed by atoms with van der Waals surface area (Å²) in [6.07, 6.45) is -5.21. The zero-order chi connectivity index (χ0) is 14.6. The van der Waals surface area contributed by atoms with E-state index in [1.165, 1.54) is 6.07 Å². The van der Waals surface area contributed by atoms with E-state index in [9.17, 15) is 17.6 Å². The Hall–Kier alpha value is -0.560. The molecular weight excluding hydrogens is 343 g/mol. The van der Waals surface area contributed by atoms with Crippen LogP contribution in [-0.2, 0) is 0 Å². The van der Waals surface area contributed by atoms with Crippen LogP contribution < -0.4 is 5.32 Å². The number of benzene rings is 1. The summed E-state index contributed by atoms with van der Waals surface area (Å²) >= 11 is 0. The van der Waals surface area contributed by atoms with Crippen molar-refractivity contribution in [1.82, 2.24) is 10.2 Å². The normalized spacial score (nSPS) is 17.3. The molecular formula is C14H20Cl2F4N2. The van der Waals surface area contributed by atoms with Gasteiger partial charge in [-0.2, -0.15) is 13.2 Å². The van der Waals surface area contributed by atoms with Crippen molar-refractivity contribution >= 4 is 24.8 Å². The van der Waals surface area contributed by atoms with Crippen LogP contribution in [0.25, 0.3) is 0 Å². The number of nitrogens with one attached hydrogen (secondary N) is 1. The van der Waals surface area contributed by atoms with Crippen molar-refractivity contribution in [2.75, 3.05) is 26.2 Å². The van der Waals surface area contributed by atoms with E-state index in [1.54, 1.807) is 18.2 Å². The minimum atomic E-state index is -4.21. The first-order chi connectivity index (χ1) is 9.47. The minimum Gasteiger partial charge on any atom is -0.314 e. The molecule has 0 aliphatic carbocycles. The van der Waals surface area contributed by atoms with Crippen molar-refractivity contribution in [2.24, 2.45) is 0 Å². The molecule has 0 aromatic heterocycles. The van der Waals surface area contributed by atoms with Gasteiger partial charge in [0, 0.05) is 44.2 Å². The summed E-state index contributed by atoms with van der Waals surface area (Å²) < 4.78 is 51.3. The van der Waals surface area contributed by atoms with Gasteiger partial charge in [-0.25, -0.2) is 4.39 Å². The fourth-order valence-electron chi connectivity index (χ4n) is 2.57. The SMILES string of the molecule is Cl.Cl.Fc1ccccc1[C@@H](CCC(F)(F)F)N1CCNCC1. The average molecular weight is 363 g/mol. The van der Waals surface area contributed by atoms with Crippen molar-refractivity contribution in [3.8, 4) is 0 Å². The lowest BCUT2D eigenvalue weighted by Crippen LogP contribution is -2.45. The maximum atomic E-state index is 13.9. The molecule has 0 saturated carbocycles. The fourth-order valence-corrected chi connectivity index (χ4v) is 2.57. The van der Waals surface area contributed by atoms with E-state index in [4.69, 9.17) is 0 Å². The second-order valence-corrected chi connectivity index (χ2v) is 4.98. The monoisotopic (exact) mass is 362 g/mol. The van der Waals surface area contributed by atoms with Gasteiger partial charge in [0.05, 0.1) is 0 Å². The van der Waals surface area contributed by atoms with Gasteiger partial charge >= 0.3 is 6.18 Å². The van der Waals surface area contributed by atoms with Gasteiger partial charge in [0.2, 0.25) is 0 Å². The van der Waals surface area contributed by atoms with Gasteiger partial charge in [-0.3, -0.25) is 4.90 Å². The van der Waals surface area contributed by atoms with Crippen LogP contribution in [0.1, 0.15) is 24.4 Å². The second kappa shape index (κ2) is 9.55. The van der Waals surface area contributed by atoms with Crippen LogP contribution >= 0.6 is 24.8 Å². The quantitative estimate of drug-likeness (QED) is 0.815. The van der Waals surface area contributed by atoms with E-state index in [1.807, 2.05) is 4.90 Å². The summed E-state index contributed by atoms with van der Waals surface area (Å²) in [5.41, 5.74) is 0.360. The zero-order valence-corrected chi connectivity index (χ0v) is 13.5. The number of alkyl halides is 3. The Morgan fingerprint density at radius 3 is 2.23 bits per heavy atom. The smallest absolute Gasteiger partial charge is 0.314 e. The van der Waals surface area contributed by atoms with Crippen molar-refractivity contribution < 1.29 is 17.6 Å². The topological polar surface area (TPSA) is 15.3 Å². The molecule has 1 aromatic carbocycles. The summed E-state index contributed by atoms with van der Waals surface area (Å²) in [6, 6.07) is 5.59. The molecule has 1 aliphatic heterocycles. The van der Waals surface area contributed by atoms with E-state index >= 15 is 0 Å². The van der Waals surface area contributed by atoms with Crippen LogP contribution in [0.4, 0.5) is 17.6 Å².